The minimum absolute atomic E-state index is 0.204. The molecule has 0 saturated heterocycles. The molecule has 1 aliphatic rings. The van der Waals surface area contributed by atoms with Gasteiger partial charge in [-0.15, -0.1) is 0 Å². The predicted molar refractivity (Wildman–Crippen MR) is 76.8 cm³/mol. The van der Waals surface area contributed by atoms with Gasteiger partial charge in [-0.25, -0.2) is 0 Å². The molecule has 0 bridgehead atoms. The molecule has 3 rings (SSSR count). The third kappa shape index (κ3) is 3.02. The maximum absolute atomic E-state index is 12.0. The van der Waals surface area contributed by atoms with E-state index in [1.807, 2.05) is 37.3 Å². The van der Waals surface area contributed by atoms with Crippen LogP contribution in [0.5, 0.6) is 11.5 Å². The highest BCUT2D eigenvalue weighted by atomic mass is 16.6. The summed E-state index contributed by atoms with van der Waals surface area (Å²) >= 11 is 0. The molecule has 110 valence electrons. The van der Waals surface area contributed by atoms with Crippen LogP contribution in [0.1, 0.15) is 23.2 Å². The third-order valence-electron chi connectivity index (χ3n) is 3.29. The zero-order valence-corrected chi connectivity index (χ0v) is 11.8. The van der Waals surface area contributed by atoms with E-state index < -0.39 is 0 Å². The van der Waals surface area contributed by atoms with Crippen molar-refractivity contribution in [2.24, 2.45) is 0 Å². The molecule has 1 atom stereocenters. The standard InChI is InChI=1S/C16H17NO4/c1-2-11-7-8-15(20-11)16(18)17-9-12-10-19-13-5-3-4-6-14(13)21-12/h3-8,12H,2,9-10H2,1H3,(H,17,18)/t12-/m0/s1. The Morgan fingerprint density at radius 3 is 2.81 bits per heavy atom. The topological polar surface area (TPSA) is 60.7 Å². The van der Waals surface area contributed by atoms with Crippen LogP contribution in [0.15, 0.2) is 40.8 Å². The summed E-state index contributed by atoms with van der Waals surface area (Å²) in [7, 11) is 0. The highest BCUT2D eigenvalue weighted by Gasteiger charge is 2.21. The lowest BCUT2D eigenvalue weighted by Crippen LogP contribution is -2.40. The van der Waals surface area contributed by atoms with Gasteiger partial charge in [0, 0.05) is 6.42 Å². The number of nitrogens with one attached hydrogen (secondary N) is 1. The quantitative estimate of drug-likeness (QED) is 0.938. The first-order chi connectivity index (χ1) is 10.3. The van der Waals surface area contributed by atoms with Gasteiger partial charge in [0.2, 0.25) is 0 Å². The van der Waals surface area contributed by atoms with Gasteiger partial charge in [0.25, 0.3) is 5.91 Å². The number of fused-ring (bicyclic) bond motifs is 1. The van der Waals surface area contributed by atoms with Crippen molar-refractivity contribution in [1.29, 1.82) is 0 Å². The second-order valence-corrected chi connectivity index (χ2v) is 4.83. The van der Waals surface area contributed by atoms with E-state index in [9.17, 15) is 4.79 Å². The summed E-state index contributed by atoms with van der Waals surface area (Å²) in [5, 5.41) is 2.80. The Morgan fingerprint density at radius 1 is 1.24 bits per heavy atom. The fourth-order valence-electron chi connectivity index (χ4n) is 2.15. The van der Waals surface area contributed by atoms with Crippen molar-refractivity contribution < 1.29 is 18.7 Å². The first-order valence-corrected chi connectivity index (χ1v) is 7.01. The maximum atomic E-state index is 12.0. The fraction of sp³-hybridized carbons (Fsp3) is 0.312. The van der Waals surface area contributed by atoms with E-state index in [0.29, 0.717) is 24.7 Å². The number of carbonyl (C=O) groups excluding carboxylic acids is 1. The molecule has 2 aromatic rings. The molecule has 0 radical (unpaired) electrons. The van der Waals surface area contributed by atoms with Crippen LogP contribution in [0.2, 0.25) is 0 Å². The van der Waals surface area contributed by atoms with E-state index in [-0.39, 0.29) is 12.0 Å². The van der Waals surface area contributed by atoms with Crippen molar-refractivity contribution in [2.75, 3.05) is 13.2 Å². The molecule has 5 heteroatoms. The van der Waals surface area contributed by atoms with E-state index in [2.05, 4.69) is 5.32 Å². The number of rotatable bonds is 4. The first kappa shape index (κ1) is 13.5. The van der Waals surface area contributed by atoms with Gasteiger partial charge in [-0.3, -0.25) is 4.79 Å². The molecule has 0 fully saturated rings. The van der Waals surface area contributed by atoms with E-state index in [1.54, 1.807) is 6.07 Å². The van der Waals surface area contributed by atoms with E-state index in [4.69, 9.17) is 13.9 Å². The lowest BCUT2D eigenvalue weighted by atomic mass is 10.2. The summed E-state index contributed by atoms with van der Waals surface area (Å²) in [6.45, 7) is 2.76. The highest BCUT2D eigenvalue weighted by molar-refractivity contribution is 5.91. The minimum Gasteiger partial charge on any atom is -0.486 e. The molecule has 5 nitrogen and oxygen atoms in total. The molecule has 0 saturated carbocycles. The van der Waals surface area contributed by atoms with Crippen LogP contribution < -0.4 is 14.8 Å². The lowest BCUT2D eigenvalue weighted by Gasteiger charge is -2.26. The summed E-state index contributed by atoms with van der Waals surface area (Å²) in [6.07, 6.45) is 0.563. The number of hydrogen-bond donors (Lipinski definition) is 1. The van der Waals surface area contributed by atoms with Gasteiger partial charge in [-0.05, 0) is 24.3 Å². The Labute approximate surface area is 122 Å². The zero-order chi connectivity index (χ0) is 14.7. The SMILES string of the molecule is CCc1ccc(C(=O)NC[C@H]2COc3ccccc3O2)o1. The molecule has 0 spiro atoms. The average molecular weight is 287 g/mol. The van der Waals surface area contributed by atoms with E-state index in [1.165, 1.54) is 0 Å². The smallest absolute Gasteiger partial charge is 0.287 e. The monoisotopic (exact) mass is 287 g/mol. The second-order valence-electron chi connectivity index (χ2n) is 4.83. The van der Waals surface area contributed by atoms with Crippen molar-refractivity contribution in [3.8, 4) is 11.5 Å². The van der Waals surface area contributed by atoms with Crippen LogP contribution in [-0.2, 0) is 6.42 Å². The Balaban J connectivity index is 1.55. The van der Waals surface area contributed by atoms with Gasteiger partial charge in [-0.1, -0.05) is 19.1 Å². The molecule has 21 heavy (non-hydrogen) atoms. The van der Waals surface area contributed by atoms with Crippen LogP contribution in [0.25, 0.3) is 0 Å². The van der Waals surface area contributed by atoms with Crippen molar-refractivity contribution in [2.45, 2.75) is 19.4 Å². The summed E-state index contributed by atoms with van der Waals surface area (Å²) in [4.78, 5) is 12.0. The van der Waals surface area contributed by atoms with Gasteiger partial charge in [0.15, 0.2) is 17.3 Å². The molecule has 2 heterocycles. The van der Waals surface area contributed by atoms with E-state index >= 15 is 0 Å². The Bertz CT molecular complexity index is 635. The van der Waals surface area contributed by atoms with Gasteiger partial charge < -0.3 is 19.2 Å². The average Bonchev–Trinajstić information content (AvgIpc) is 3.01. The van der Waals surface area contributed by atoms with E-state index in [0.717, 1.165) is 17.9 Å². The highest BCUT2D eigenvalue weighted by Crippen LogP contribution is 2.30. The zero-order valence-electron chi connectivity index (χ0n) is 11.8. The van der Waals surface area contributed by atoms with Crippen LogP contribution in [0.3, 0.4) is 0 Å². The Hall–Kier alpha value is -2.43. The molecule has 1 N–H and O–H groups in total. The normalized spacial score (nSPS) is 16.5. The van der Waals surface area contributed by atoms with Crippen molar-refractivity contribution in [3.63, 3.8) is 0 Å². The van der Waals surface area contributed by atoms with Crippen LogP contribution in [-0.4, -0.2) is 25.2 Å². The first-order valence-electron chi connectivity index (χ1n) is 7.01. The molecule has 0 aliphatic carbocycles. The second kappa shape index (κ2) is 5.91. The summed E-state index contributed by atoms with van der Waals surface area (Å²) in [5.74, 6) is 2.32. The summed E-state index contributed by atoms with van der Waals surface area (Å²) in [6, 6.07) is 11.0. The fourth-order valence-corrected chi connectivity index (χ4v) is 2.15. The summed E-state index contributed by atoms with van der Waals surface area (Å²) < 4.78 is 16.8. The molecule has 0 unspecified atom stereocenters. The van der Waals surface area contributed by atoms with Gasteiger partial charge >= 0.3 is 0 Å². The molecule has 1 aliphatic heterocycles. The molecule has 1 amide bonds. The van der Waals surface area contributed by atoms with Gasteiger partial charge in [0.1, 0.15) is 18.5 Å². The largest absolute Gasteiger partial charge is 0.486 e. The number of aryl methyl sites for hydroxylation is 1. The number of para-hydroxylation sites is 2. The number of ether oxygens (including phenoxy) is 2. The number of benzene rings is 1. The molecular weight excluding hydrogens is 270 g/mol. The number of carbonyl (C=O) groups is 1. The number of amides is 1. The minimum atomic E-state index is -0.239. The van der Waals surface area contributed by atoms with Crippen LogP contribution in [0.4, 0.5) is 0 Å². The molecule has 1 aromatic carbocycles. The van der Waals surface area contributed by atoms with Crippen LogP contribution in [0, 0.1) is 0 Å². The van der Waals surface area contributed by atoms with Crippen molar-refractivity contribution in [3.05, 3.63) is 47.9 Å². The van der Waals surface area contributed by atoms with Crippen LogP contribution >= 0.6 is 0 Å². The Kier molecular flexibility index (Phi) is 3.81. The molecular formula is C16H17NO4. The third-order valence-corrected chi connectivity index (χ3v) is 3.29. The lowest BCUT2D eigenvalue weighted by molar-refractivity contribution is 0.0772. The maximum Gasteiger partial charge on any atom is 0.287 e. The summed E-state index contributed by atoms with van der Waals surface area (Å²) in [5.41, 5.74) is 0. The number of hydrogen-bond acceptors (Lipinski definition) is 4. The van der Waals surface area contributed by atoms with Crippen molar-refractivity contribution in [1.82, 2.24) is 5.32 Å². The van der Waals surface area contributed by atoms with Gasteiger partial charge in [-0.2, -0.15) is 0 Å². The predicted octanol–water partition coefficient (Wildman–Crippen LogP) is 2.41. The molecule has 1 aromatic heterocycles. The number of furan rings is 1. The Morgan fingerprint density at radius 2 is 2.05 bits per heavy atom. The van der Waals surface area contributed by atoms with Crippen molar-refractivity contribution >= 4 is 5.91 Å². The van der Waals surface area contributed by atoms with Gasteiger partial charge in [0.05, 0.1) is 6.54 Å².